The molecule has 2 rings (SSSR count). The molecule has 112 valence electrons. The summed E-state index contributed by atoms with van der Waals surface area (Å²) in [5.74, 6) is 2.60. The lowest BCUT2D eigenvalue weighted by atomic mass is 9.91. The summed E-state index contributed by atoms with van der Waals surface area (Å²) in [7, 11) is 0. The fraction of sp³-hybridized carbons (Fsp3) is 0.625. The largest absolute Gasteiger partial charge is 0.490 e. The molecule has 2 unspecified atom stereocenters. The van der Waals surface area contributed by atoms with Crippen molar-refractivity contribution in [3.63, 3.8) is 0 Å². The molecule has 0 bridgehead atoms. The molecule has 2 atom stereocenters. The molecule has 1 aromatic rings. The highest BCUT2D eigenvalue weighted by molar-refractivity contribution is 6.31. The van der Waals surface area contributed by atoms with Crippen LogP contribution in [0.3, 0.4) is 0 Å². The molecule has 1 aliphatic rings. The highest BCUT2D eigenvalue weighted by Crippen LogP contribution is 2.44. The maximum atomic E-state index is 6.39. The van der Waals surface area contributed by atoms with Gasteiger partial charge in [0.05, 0.1) is 13.2 Å². The van der Waals surface area contributed by atoms with Gasteiger partial charge in [0.2, 0.25) is 0 Å². The van der Waals surface area contributed by atoms with E-state index < -0.39 is 0 Å². The summed E-state index contributed by atoms with van der Waals surface area (Å²) >= 11 is 6.39. The quantitative estimate of drug-likeness (QED) is 0.821. The Hall–Kier alpha value is -0.930. The van der Waals surface area contributed by atoms with Crippen molar-refractivity contribution in [2.45, 2.75) is 39.7 Å². The second-order valence-corrected chi connectivity index (χ2v) is 5.82. The van der Waals surface area contributed by atoms with Crippen LogP contribution in [0.25, 0.3) is 0 Å². The molecule has 20 heavy (non-hydrogen) atoms. The zero-order valence-electron chi connectivity index (χ0n) is 12.5. The standard InChI is InChI=1S/C16H24ClNO2/c1-4-19-14-8-12(13(17)9-15(14)20-5-2)16(18)10(3)11-6-7-11/h8-11,16H,4-7,18H2,1-3H3. The van der Waals surface area contributed by atoms with E-state index in [0.29, 0.717) is 29.9 Å². The van der Waals surface area contributed by atoms with Crippen LogP contribution >= 0.6 is 11.6 Å². The van der Waals surface area contributed by atoms with Gasteiger partial charge in [0.25, 0.3) is 0 Å². The number of benzene rings is 1. The third-order valence-corrected chi connectivity index (χ3v) is 4.28. The minimum absolute atomic E-state index is 0.0510. The molecule has 1 fully saturated rings. The van der Waals surface area contributed by atoms with E-state index in [1.54, 1.807) is 0 Å². The fourth-order valence-corrected chi connectivity index (χ4v) is 2.82. The van der Waals surface area contributed by atoms with Crippen LogP contribution in [0.1, 0.15) is 45.2 Å². The predicted molar refractivity (Wildman–Crippen MR) is 82.6 cm³/mol. The second kappa shape index (κ2) is 6.68. The smallest absolute Gasteiger partial charge is 0.162 e. The zero-order chi connectivity index (χ0) is 14.7. The molecule has 0 saturated heterocycles. The molecule has 0 heterocycles. The third-order valence-electron chi connectivity index (χ3n) is 3.95. The van der Waals surface area contributed by atoms with Crippen LogP contribution in [0, 0.1) is 11.8 Å². The molecule has 0 radical (unpaired) electrons. The maximum Gasteiger partial charge on any atom is 0.162 e. The van der Waals surface area contributed by atoms with Gasteiger partial charge in [-0.3, -0.25) is 0 Å². The molecule has 1 saturated carbocycles. The zero-order valence-corrected chi connectivity index (χ0v) is 13.2. The van der Waals surface area contributed by atoms with Crippen LogP contribution in [0.4, 0.5) is 0 Å². The van der Waals surface area contributed by atoms with Gasteiger partial charge in [-0.25, -0.2) is 0 Å². The molecule has 1 aromatic carbocycles. The Morgan fingerprint density at radius 2 is 1.75 bits per heavy atom. The van der Waals surface area contributed by atoms with E-state index in [1.807, 2.05) is 26.0 Å². The lowest BCUT2D eigenvalue weighted by Crippen LogP contribution is -2.21. The Kier molecular flexibility index (Phi) is 5.17. The average molecular weight is 298 g/mol. The van der Waals surface area contributed by atoms with Gasteiger partial charge < -0.3 is 15.2 Å². The Bertz CT molecular complexity index is 460. The lowest BCUT2D eigenvalue weighted by Gasteiger charge is -2.22. The summed E-state index contributed by atoms with van der Waals surface area (Å²) in [4.78, 5) is 0. The van der Waals surface area contributed by atoms with Crippen LogP contribution in [-0.4, -0.2) is 13.2 Å². The first-order valence-corrected chi connectivity index (χ1v) is 7.80. The van der Waals surface area contributed by atoms with E-state index in [4.69, 9.17) is 26.8 Å². The first kappa shape index (κ1) is 15.5. The van der Waals surface area contributed by atoms with Crippen molar-refractivity contribution in [3.8, 4) is 11.5 Å². The number of nitrogens with two attached hydrogens (primary N) is 1. The van der Waals surface area contributed by atoms with Crippen LogP contribution in [0.5, 0.6) is 11.5 Å². The van der Waals surface area contributed by atoms with Gasteiger partial charge in [-0.15, -0.1) is 0 Å². The van der Waals surface area contributed by atoms with Crippen LogP contribution in [-0.2, 0) is 0 Å². The van der Waals surface area contributed by atoms with Crippen molar-refractivity contribution in [2.75, 3.05) is 13.2 Å². The Morgan fingerprint density at radius 1 is 1.20 bits per heavy atom. The van der Waals surface area contributed by atoms with E-state index in [-0.39, 0.29) is 6.04 Å². The summed E-state index contributed by atoms with van der Waals surface area (Å²) in [6.07, 6.45) is 2.56. The molecule has 0 aliphatic heterocycles. The first-order chi connectivity index (χ1) is 9.58. The SMILES string of the molecule is CCOc1cc(Cl)c(C(N)C(C)C2CC2)cc1OCC. The number of halogens is 1. The van der Waals surface area contributed by atoms with E-state index in [1.165, 1.54) is 12.8 Å². The molecule has 3 nitrogen and oxygen atoms in total. The number of ether oxygens (including phenoxy) is 2. The predicted octanol–water partition coefficient (Wildman–Crippen LogP) is 4.18. The Morgan fingerprint density at radius 3 is 2.25 bits per heavy atom. The maximum absolute atomic E-state index is 6.39. The number of hydrogen-bond donors (Lipinski definition) is 1. The van der Waals surface area contributed by atoms with Crippen molar-refractivity contribution in [1.29, 1.82) is 0 Å². The van der Waals surface area contributed by atoms with E-state index in [9.17, 15) is 0 Å². The van der Waals surface area contributed by atoms with Gasteiger partial charge in [-0.1, -0.05) is 18.5 Å². The van der Waals surface area contributed by atoms with Crippen molar-refractivity contribution >= 4 is 11.6 Å². The number of hydrogen-bond acceptors (Lipinski definition) is 3. The topological polar surface area (TPSA) is 44.5 Å². The molecular weight excluding hydrogens is 274 g/mol. The summed E-state index contributed by atoms with van der Waals surface area (Å²) in [5, 5.41) is 0.664. The van der Waals surface area contributed by atoms with Crippen LogP contribution in [0.2, 0.25) is 5.02 Å². The van der Waals surface area contributed by atoms with Crippen molar-refractivity contribution in [1.82, 2.24) is 0 Å². The van der Waals surface area contributed by atoms with Gasteiger partial charge in [-0.2, -0.15) is 0 Å². The summed E-state index contributed by atoms with van der Waals surface area (Å²) in [5.41, 5.74) is 7.34. The van der Waals surface area contributed by atoms with E-state index >= 15 is 0 Å². The fourth-order valence-electron chi connectivity index (χ4n) is 2.54. The molecule has 2 N–H and O–H groups in total. The van der Waals surface area contributed by atoms with Crippen molar-refractivity contribution in [3.05, 3.63) is 22.7 Å². The first-order valence-electron chi connectivity index (χ1n) is 7.43. The van der Waals surface area contributed by atoms with Gasteiger partial charge >= 0.3 is 0 Å². The van der Waals surface area contributed by atoms with E-state index in [2.05, 4.69) is 6.92 Å². The summed E-state index contributed by atoms with van der Waals surface area (Å²) in [6.45, 7) is 7.28. The van der Waals surface area contributed by atoms with Gasteiger partial charge in [0, 0.05) is 17.1 Å². The van der Waals surface area contributed by atoms with Crippen LogP contribution < -0.4 is 15.2 Å². The highest BCUT2D eigenvalue weighted by Gasteiger charge is 2.33. The average Bonchev–Trinajstić information content (AvgIpc) is 3.25. The van der Waals surface area contributed by atoms with Gasteiger partial charge in [-0.05, 0) is 50.2 Å². The molecule has 1 aliphatic carbocycles. The minimum Gasteiger partial charge on any atom is -0.490 e. The monoisotopic (exact) mass is 297 g/mol. The van der Waals surface area contributed by atoms with Gasteiger partial charge in [0.1, 0.15) is 0 Å². The normalized spacial score (nSPS) is 17.6. The summed E-state index contributed by atoms with van der Waals surface area (Å²) < 4.78 is 11.2. The van der Waals surface area contributed by atoms with Crippen molar-refractivity contribution < 1.29 is 9.47 Å². The molecule has 4 heteroatoms. The Labute approximate surface area is 126 Å². The molecule has 0 aromatic heterocycles. The summed E-state index contributed by atoms with van der Waals surface area (Å²) in [6, 6.07) is 3.72. The Balaban J connectivity index is 2.29. The second-order valence-electron chi connectivity index (χ2n) is 5.41. The minimum atomic E-state index is -0.0510. The molecular formula is C16H24ClNO2. The lowest BCUT2D eigenvalue weighted by molar-refractivity contribution is 0.287. The van der Waals surface area contributed by atoms with E-state index in [0.717, 1.165) is 17.2 Å². The van der Waals surface area contributed by atoms with Crippen molar-refractivity contribution in [2.24, 2.45) is 17.6 Å². The molecule has 0 spiro atoms. The third kappa shape index (κ3) is 3.39. The van der Waals surface area contributed by atoms with Gasteiger partial charge in [0.15, 0.2) is 11.5 Å². The molecule has 0 amide bonds. The number of rotatable bonds is 7. The van der Waals surface area contributed by atoms with Crippen LogP contribution in [0.15, 0.2) is 12.1 Å². The highest BCUT2D eigenvalue weighted by atomic mass is 35.5.